The van der Waals surface area contributed by atoms with E-state index in [0.29, 0.717) is 12.3 Å². The molecular weight excluding hydrogens is 307 g/mol. The van der Waals surface area contributed by atoms with E-state index in [1.807, 2.05) is 6.92 Å². The number of hydrogen-bond donors (Lipinski definition) is 1. The minimum Gasteiger partial charge on any atom is -0.378 e. The topological polar surface area (TPSA) is 51.2 Å². The van der Waals surface area contributed by atoms with Crippen LogP contribution in [0, 0.1) is 5.92 Å². The lowest BCUT2D eigenvalue weighted by Crippen LogP contribution is -2.27. The minimum absolute atomic E-state index is 0.0473. The second-order valence-electron chi connectivity index (χ2n) is 3.95. The average Bonchev–Trinajstić information content (AvgIpc) is 2.70. The Balaban J connectivity index is 2.10. The molecule has 1 saturated heterocycles. The fraction of sp³-hybridized carbons (Fsp3) is 0.455. The Morgan fingerprint density at radius 2 is 2.47 bits per heavy atom. The third kappa shape index (κ3) is 2.97. The number of hydrogen-bond acceptors (Lipinski definition) is 3. The summed E-state index contributed by atoms with van der Waals surface area (Å²) in [5, 5.41) is 3.07. The first-order chi connectivity index (χ1) is 8.08. The maximum Gasteiger partial charge on any atom is 0.230 e. The maximum atomic E-state index is 12.0. The van der Waals surface area contributed by atoms with Crippen LogP contribution in [-0.4, -0.2) is 23.6 Å². The lowest BCUT2D eigenvalue weighted by Gasteiger charge is -2.14. The monoisotopic (exact) mass is 318 g/mol. The summed E-state index contributed by atoms with van der Waals surface area (Å²) < 4.78 is 6.13. The molecule has 0 radical (unpaired) electrons. The number of amides is 1. The van der Waals surface area contributed by atoms with Gasteiger partial charge in [-0.15, -0.1) is 0 Å². The van der Waals surface area contributed by atoms with Crippen LogP contribution in [0.2, 0.25) is 5.15 Å². The molecule has 0 bridgehead atoms. The van der Waals surface area contributed by atoms with Crippen molar-refractivity contribution in [3.05, 3.63) is 21.9 Å². The number of pyridine rings is 1. The molecule has 6 heteroatoms. The van der Waals surface area contributed by atoms with E-state index in [4.69, 9.17) is 16.3 Å². The summed E-state index contributed by atoms with van der Waals surface area (Å²) in [7, 11) is 0. The van der Waals surface area contributed by atoms with Gasteiger partial charge in [-0.1, -0.05) is 11.6 Å². The van der Waals surface area contributed by atoms with Crippen molar-refractivity contribution in [1.82, 2.24) is 4.98 Å². The highest BCUT2D eigenvalue weighted by Crippen LogP contribution is 2.26. The fourth-order valence-corrected chi connectivity index (χ4v) is 2.29. The molecule has 0 aromatic carbocycles. The van der Waals surface area contributed by atoms with Gasteiger partial charge >= 0.3 is 0 Å². The van der Waals surface area contributed by atoms with Gasteiger partial charge in [-0.25, -0.2) is 4.98 Å². The molecule has 1 fully saturated rings. The summed E-state index contributed by atoms with van der Waals surface area (Å²) >= 11 is 9.19. The van der Waals surface area contributed by atoms with Gasteiger partial charge in [0.25, 0.3) is 0 Å². The minimum atomic E-state index is -0.120. The molecule has 1 aliphatic heterocycles. The molecule has 4 nitrogen and oxygen atoms in total. The van der Waals surface area contributed by atoms with E-state index >= 15 is 0 Å². The predicted octanol–water partition coefficient (Wildman–Crippen LogP) is 2.86. The average molecular weight is 320 g/mol. The van der Waals surface area contributed by atoms with Crippen molar-refractivity contribution in [2.75, 3.05) is 11.9 Å². The van der Waals surface area contributed by atoms with Crippen LogP contribution in [0.15, 0.2) is 16.7 Å². The molecule has 1 aromatic rings. The Morgan fingerprint density at radius 1 is 1.71 bits per heavy atom. The van der Waals surface area contributed by atoms with Gasteiger partial charge in [0, 0.05) is 17.3 Å². The largest absolute Gasteiger partial charge is 0.378 e. The second-order valence-corrected chi connectivity index (χ2v) is 5.23. The van der Waals surface area contributed by atoms with Crippen LogP contribution in [-0.2, 0) is 9.53 Å². The highest BCUT2D eigenvalue weighted by Gasteiger charge is 2.31. The van der Waals surface area contributed by atoms with Crippen molar-refractivity contribution in [2.45, 2.75) is 19.4 Å². The molecule has 0 aliphatic carbocycles. The van der Waals surface area contributed by atoms with Gasteiger partial charge in [0.2, 0.25) is 5.91 Å². The molecule has 2 atom stereocenters. The molecule has 1 N–H and O–H groups in total. The Kier molecular flexibility index (Phi) is 4.01. The van der Waals surface area contributed by atoms with Crippen LogP contribution < -0.4 is 5.32 Å². The Hall–Kier alpha value is -0.650. The molecular formula is C11H12BrClN2O2. The van der Waals surface area contributed by atoms with Crippen molar-refractivity contribution in [3.63, 3.8) is 0 Å². The quantitative estimate of drug-likeness (QED) is 0.853. The van der Waals surface area contributed by atoms with Gasteiger partial charge in [0.15, 0.2) is 5.15 Å². The van der Waals surface area contributed by atoms with Crippen molar-refractivity contribution in [3.8, 4) is 0 Å². The van der Waals surface area contributed by atoms with E-state index in [-0.39, 0.29) is 23.1 Å². The number of aromatic nitrogens is 1. The van der Waals surface area contributed by atoms with Crippen LogP contribution >= 0.6 is 27.5 Å². The Labute approximate surface area is 113 Å². The molecule has 17 heavy (non-hydrogen) atoms. The molecule has 1 aromatic heterocycles. The normalized spacial score (nSPS) is 23.7. The number of rotatable bonds is 2. The standard InChI is InChI=1S/C11H12BrClN2O2/c1-6-8(2-3-17-6)11(16)15-9-4-7(12)5-14-10(9)13/h4-6,8H,2-3H2,1H3,(H,15,16). The third-order valence-corrected chi connectivity index (χ3v) is 3.51. The summed E-state index contributed by atoms with van der Waals surface area (Å²) in [6, 6.07) is 1.73. The summed E-state index contributed by atoms with van der Waals surface area (Å²) in [5.74, 6) is -0.193. The second kappa shape index (κ2) is 5.33. The third-order valence-electron chi connectivity index (χ3n) is 2.78. The maximum absolute atomic E-state index is 12.0. The van der Waals surface area contributed by atoms with E-state index in [9.17, 15) is 4.79 Å². The highest BCUT2D eigenvalue weighted by atomic mass is 79.9. The van der Waals surface area contributed by atoms with Crippen LogP contribution in [0.25, 0.3) is 0 Å². The number of anilines is 1. The van der Waals surface area contributed by atoms with Crippen molar-refractivity contribution < 1.29 is 9.53 Å². The number of nitrogens with one attached hydrogen (secondary N) is 1. The zero-order valence-electron chi connectivity index (χ0n) is 9.24. The molecule has 2 rings (SSSR count). The summed E-state index contributed by atoms with van der Waals surface area (Å²) in [6.45, 7) is 2.53. The predicted molar refractivity (Wildman–Crippen MR) is 69.1 cm³/mol. The molecule has 1 amide bonds. The molecule has 0 saturated carbocycles. The van der Waals surface area contributed by atoms with Crippen LogP contribution in [0.4, 0.5) is 5.69 Å². The Bertz CT molecular complexity index is 441. The molecule has 1 aliphatic rings. The van der Waals surface area contributed by atoms with Gasteiger partial charge in [0.05, 0.1) is 17.7 Å². The molecule has 0 spiro atoms. The molecule has 2 unspecified atom stereocenters. The lowest BCUT2D eigenvalue weighted by atomic mass is 10.0. The fourth-order valence-electron chi connectivity index (χ4n) is 1.81. The smallest absolute Gasteiger partial charge is 0.230 e. The molecule has 2 heterocycles. The number of carbonyl (C=O) groups excluding carboxylic acids is 1. The van der Waals surface area contributed by atoms with Gasteiger partial charge in [-0.05, 0) is 35.3 Å². The van der Waals surface area contributed by atoms with Crippen LogP contribution in [0.5, 0.6) is 0 Å². The lowest BCUT2D eigenvalue weighted by molar-refractivity contribution is -0.121. The van der Waals surface area contributed by atoms with Crippen molar-refractivity contribution in [1.29, 1.82) is 0 Å². The van der Waals surface area contributed by atoms with Crippen molar-refractivity contribution in [2.24, 2.45) is 5.92 Å². The van der Waals surface area contributed by atoms with E-state index in [1.54, 1.807) is 12.3 Å². The van der Waals surface area contributed by atoms with Crippen molar-refractivity contribution >= 4 is 39.1 Å². The van der Waals surface area contributed by atoms with Gasteiger partial charge in [-0.2, -0.15) is 0 Å². The zero-order chi connectivity index (χ0) is 12.4. The molecule has 92 valence electrons. The van der Waals surface area contributed by atoms with Gasteiger partial charge in [0.1, 0.15) is 0 Å². The zero-order valence-corrected chi connectivity index (χ0v) is 11.6. The van der Waals surface area contributed by atoms with Gasteiger partial charge in [-0.3, -0.25) is 4.79 Å². The number of carbonyl (C=O) groups is 1. The SMILES string of the molecule is CC1OCCC1C(=O)Nc1cc(Br)cnc1Cl. The summed E-state index contributed by atoms with van der Waals surface area (Å²) in [5.41, 5.74) is 0.519. The first kappa shape index (κ1) is 12.8. The van der Waals surface area contributed by atoms with Gasteiger partial charge < -0.3 is 10.1 Å². The number of nitrogens with zero attached hydrogens (tertiary/aromatic N) is 1. The number of ether oxygens (including phenoxy) is 1. The van der Waals surface area contributed by atoms with Crippen LogP contribution in [0.1, 0.15) is 13.3 Å². The van der Waals surface area contributed by atoms with E-state index in [1.165, 1.54) is 0 Å². The van der Waals surface area contributed by atoms with E-state index < -0.39 is 0 Å². The van der Waals surface area contributed by atoms with E-state index in [2.05, 4.69) is 26.2 Å². The Morgan fingerprint density at radius 3 is 3.12 bits per heavy atom. The first-order valence-corrected chi connectivity index (χ1v) is 6.48. The summed E-state index contributed by atoms with van der Waals surface area (Å²) in [6.07, 6.45) is 2.28. The van der Waals surface area contributed by atoms with Crippen LogP contribution in [0.3, 0.4) is 0 Å². The highest BCUT2D eigenvalue weighted by molar-refractivity contribution is 9.10. The summed E-state index contributed by atoms with van der Waals surface area (Å²) in [4.78, 5) is 15.9. The van der Waals surface area contributed by atoms with E-state index in [0.717, 1.165) is 10.9 Å². The first-order valence-electron chi connectivity index (χ1n) is 5.31. The number of halogens is 2.